The first-order valence-electron chi connectivity index (χ1n) is 10.2. The third-order valence-electron chi connectivity index (χ3n) is 5.55. The van der Waals surface area contributed by atoms with Crippen LogP contribution in [0.25, 0.3) is 10.2 Å². The Morgan fingerprint density at radius 2 is 1.83 bits per heavy atom. The minimum Gasteiger partial charge on any atom is -0.370 e. The lowest BCUT2D eigenvalue weighted by atomic mass is 10.1. The molecule has 1 amide bonds. The van der Waals surface area contributed by atoms with Gasteiger partial charge in [-0.1, -0.05) is 53.8 Å². The van der Waals surface area contributed by atoms with Gasteiger partial charge in [0.25, 0.3) is 0 Å². The summed E-state index contributed by atoms with van der Waals surface area (Å²) in [6, 6.07) is 14.2. The van der Waals surface area contributed by atoms with E-state index in [0.717, 1.165) is 54.6 Å². The summed E-state index contributed by atoms with van der Waals surface area (Å²) in [6.45, 7) is 9.38. The maximum Gasteiger partial charge on any atom is 0.233 e. The molecule has 152 valence electrons. The Balaban J connectivity index is 1.61. The molecule has 1 aromatic heterocycles. The minimum atomic E-state index is 0.109. The van der Waals surface area contributed by atoms with Crippen LogP contribution in [0.4, 0.5) is 5.13 Å². The van der Waals surface area contributed by atoms with Crippen LogP contribution >= 0.6 is 11.3 Å². The largest absolute Gasteiger partial charge is 0.370 e. The summed E-state index contributed by atoms with van der Waals surface area (Å²) in [5.41, 5.74) is 4.42. The van der Waals surface area contributed by atoms with E-state index in [1.165, 1.54) is 15.2 Å². The predicted octanol–water partition coefficient (Wildman–Crippen LogP) is 2.40. The van der Waals surface area contributed by atoms with Crippen LogP contribution in [-0.2, 0) is 16.0 Å². The molecule has 2 aromatic carbocycles. The molecule has 4 rings (SSSR count). The molecule has 0 saturated carbocycles. The van der Waals surface area contributed by atoms with Crippen molar-refractivity contribution < 1.29 is 14.4 Å². The van der Waals surface area contributed by atoms with Crippen LogP contribution < -0.4 is 9.80 Å². The first-order chi connectivity index (χ1) is 14.1. The molecular formula is C23H28N3O2S+. The summed E-state index contributed by atoms with van der Waals surface area (Å²) in [6.07, 6.45) is 0.396. The number of amides is 1. The number of ether oxygens (including phenoxy) is 1. The Morgan fingerprint density at radius 3 is 2.55 bits per heavy atom. The molecule has 1 saturated heterocycles. The molecule has 0 unspecified atom stereocenters. The summed E-state index contributed by atoms with van der Waals surface area (Å²) in [5, 5.41) is 0.811. The van der Waals surface area contributed by atoms with Crippen molar-refractivity contribution in [2.45, 2.75) is 20.3 Å². The van der Waals surface area contributed by atoms with Crippen LogP contribution in [-0.4, -0.2) is 50.3 Å². The van der Waals surface area contributed by atoms with E-state index in [2.05, 4.69) is 26.0 Å². The highest BCUT2D eigenvalue weighted by atomic mass is 32.1. The van der Waals surface area contributed by atoms with Gasteiger partial charge >= 0.3 is 0 Å². The van der Waals surface area contributed by atoms with Crippen molar-refractivity contribution in [3.05, 3.63) is 59.2 Å². The number of anilines is 1. The van der Waals surface area contributed by atoms with E-state index < -0.39 is 0 Å². The van der Waals surface area contributed by atoms with Crippen molar-refractivity contribution in [1.29, 1.82) is 0 Å². The Bertz CT molecular complexity index is 941. The maximum absolute atomic E-state index is 13.3. The molecule has 1 N–H and O–H groups in total. The molecule has 6 heteroatoms. The molecule has 1 fully saturated rings. The third kappa shape index (κ3) is 4.66. The van der Waals surface area contributed by atoms with Gasteiger partial charge in [-0.2, -0.15) is 0 Å². The standard InChI is InChI=1S/C23H27N3O2S/c1-17-8-9-18(2)22-21(17)24-23(29-22)26(11-10-25-12-14-28-15-13-25)20(27)16-19-6-4-3-5-7-19/h3-9H,10-16H2,1-2H3/p+1. The van der Waals surface area contributed by atoms with Crippen LogP contribution in [0.1, 0.15) is 16.7 Å². The molecule has 29 heavy (non-hydrogen) atoms. The zero-order valence-electron chi connectivity index (χ0n) is 17.1. The lowest BCUT2D eigenvalue weighted by molar-refractivity contribution is -0.906. The molecule has 0 atom stereocenters. The van der Waals surface area contributed by atoms with Gasteiger partial charge in [0.1, 0.15) is 13.1 Å². The molecule has 0 spiro atoms. The second-order valence-electron chi connectivity index (χ2n) is 7.69. The van der Waals surface area contributed by atoms with Crippen molar-refractivity contribution >= 4 is 32.6 Å². The van der Waals surface area contributed by atoms with Gasteiger partial charge in [0.2, 0.25) is 5.91 Å². The number of quaternary nitrogens is 1. The number of hydrogen-bond donors (Lipinski definition) is 1. The van der Waals surface area contributed by atoms with E-state index >= 15 is 0 Å². The fraction of sp³-hybridized carbons (Fsp3) is 0.391. The summed E-state index contributed by atoms with van der Waals surface area (Å²) in [4.78, 5) is 21.6. The van der Waals surface area contributed by atoms with E-state index in [1.807, 2.05) is 35.2 Å². The smallest absolute Gasteiger partial charge is 0.233 e. The number of carbonyl (C=O) groups is 1. The summed E-state index contributed by atoms with van der Waals surface area (Å²) in [7, 11) is 0. The highest BCUT2D eigenvalue weighted by molar-refractivity contribution is 7.22. The highest BCUT2D eigenvalue weighted by Crippen LogP contribution is 2.33. The van der Waals surface area contributed by atoms with Crippen LogP contribution in [0.5, 0.6) is 0 Å². The van der Waals surface area contributed by atoms with Gasteiger partial charge in [-0.25, -0.2) is 4.98 Å². The molecule has 0 aliphatic carbocycles. The van der Waals surface area contributed by atoms with Crippen LogP contribution in [0, 0.1) is 13.8 Å². The van der Waals surface area contributed by atoms with E-state index in [4.69, 9.17) is 9.72 Å². The fourth-order valence-electron chi connectivity index (χ4n) is 3.74. The van der Waals surface area contributed by atoms with E-state index in [0.29, 0.717) is 13.0 Å². The topological polar surface area (TPSA) is 46.9 Å². The van der Waals surface area contributed by atoms with Crippen molar-refractivity contribution in [3.8, 4) is 0 Å². The fourth-order valence-corrected chi connectivity index (χ4v) is 4.89. The molecule has 0 bridgehead atoms. The first-order valence-corrected chi connectivity index (χ1v) is 11.1. The zero-order chi connectivity index (χ0) is 20.2. The number of morpholine rings is 1. The number of aromatic nitrogens is 1. The van der Waals surface area contributed by atoms with Gasteiger partial charge in [-0.15, -0.1) is 0 Å². The van der Waals surface area contributed by atoms with Gasteiger partial charge in [0.05, 0.1) is 42.9 Å². The number of thiazole rings is 1. The van der Waals surface area contributed by atoms with Crippen LogP contribution in [0.2, 0.25) is 0 Å². The normalized spacial score (nSPS) is 15.0. The first kappa shape index (κ1) is 20.0. The average molecular weight is 411 g/mol. The van der Waals surface area contributed by atoms with Gasteiger partial charge in [-0.05, 0) is 30.5 Å². The third-order valence-corrected chi connectivity index (χ3v) is 6.76. The summed E-state index contributed by atoms with van der Waals surface area (Å²) in [5.74, 6) is 0.109. The van der Waals surface area contributed by atoms with Gasteiger partial charge in [0.15, 0.2) is 5.13 Å². The molecule has 2 heterocycles. The van der Waals surface area contributed by atoms with Gasteiger partial charge < -0.3 is 9.64 Å². The van der Waals surface area contributed by atoms with Crippen LogP contribution in [0.3, 0.4) is 0 Å². The monoisotopic (exact) mass is 410 g/mol. The number of hydrogen-bond acceptors (Lipinski definition) is 4. The van der Waals surface area contributed by atoms with Crippen LogP contribution in [0.15, 0.2) is 42.5 Å². The number of rotatable bonds is 6. The summed E-state index contributed by atoms with van der Waals surface area (Å²) >= 11 is 1.63. The van der Waals surface area contributed by atoms with Gasteiger partial charge in [-0.3, -0.25) is 9.69 Å². The molecule has 1 aliphatic rings. The summed E-state index contributed by atoms with van der Waals surface area (Å²) < 4.78 is 6.65. The number of nitrogens with one attached hydrogen (secondary N) is 1. The maximum atomic E-state index is 13.3. The highest BCUT2D eigenvalue weighted by Gasteiger charge is 2.23. The Hall–Kier alpha value is -2.28. The number of benzene rings is 2. The molecule has 0 radical (unpaired) electrons. The lowest BCUT2D eigenvalue weighted by Crippen LogP contribution is -3.14. The second kappa shape index (κ2) is 9.03. The van der Waals surface area contributed by atoms with E-state index in [-0.39, 0.29) is 5.91 Å². The average Bonchev–Trinajstić information content (AvgIpc) is 3.19. The SMILES string of the molecule is Cc1ccc(C)c2sc(N(CC[NH+]3CCOCC3)C(=O)Cc3ccccc3)nc12. The molecule has 5 nitrogen and oxygen atoms in total. The molecule has 3 aromatic rings. The number of nitrogens with zero attached hydrogens (tertiary/aromatic N) is 2. The lowest BCUT2D eigenvalue weighted by Gasteiger charge is -2.27. The number of carbonyl (C=O) groups excluding carboxylic acids is 1. The van der Waals surface area contributed by atoms with Crippen molar-refractivity contribution in [1.82, 2.24) is 4.98 Å². The van der Waals surface area contributed by atoms with Crippen molar-refractivity contribution in [2.24, 2.45) is 0 Å². The second-order valence-corrected chi connectivity index (χ2v) is 8.67. The Labute approximate surface area is 175 Å². The zero-order valence-corrected chi connectivity index (χ0v) is 17.9. The van der Waals surface area contributed by atoms with Gasteiger partial charge in [0, 0.05) is 0 Å². The predicted molar refractivity (Wildman–Crippen MR) is 118 cm³/mol. The quantitative estimate of drug-likeness (QED) is 0.679. The molecule has 1 aliphatic heterocycles. The number of fused-ring (bicyclic) bond motifs is 1. The van der Waals surface area contributed by atoms with Crippen molar-refractivity contribution in [2.75, 3.05) is 44.3 Å². The Kier molecular flexibility index (Phi) is 6.23. The minimum absolute atomic E-state index is 0.109. The van der Waals surface area contributed by atoms with E-state index in [9.17, 15) is 4.79 Å². The Morgan fingerprint density at radius 1 is 1.10 bits per heavy atom. The molecular weight excluding hydrogens is 382 g/mol. The number of aryl methyl sites for hydroxylation is 2. The van der Waals surface area contributed by atoms with E-state index in [1.54, 1.807) is 11.3 Å². The van der Waals surface area contributed by atoms with Crippen molar-refractivity contribution in [3.63, 3.8) is 0 Å².